The van der Waals surface area contributed by atoms with Crippen LogP contribution >= 0.6 is 11.6 Å². The average Bonchev–Trinajstić information content (AvgIpc) is 2.23. The molecule has 0 saturated carbocycles. The minimum atomic E-state index is 0. The first-order chi connectivity index (χ1) is 6.77. The van der Waals surface area contributed by atoms with E-state index in [9.17, 15) is 0 Å². The Labute approximate surface area is 101 Å². The quantitative estimate of drug-likeness (QED) is 0.485. The third kappa shape index (κ3) is 2.71. The van der Waals surface area contributed by atoms with Crippen LogP contribution in [0.25, 0.3) is 5.69 Å². The van der Waals surface area contributed by atoms with Crippen LogP contribution in [0.1, 0.15) is 5.56 Å². The second kappa shape index (κ2) is 5.15. The van der Waals surface area contributed by atoms with Gasteiger partial charge in [-0.1, -0.05) is 18.2 Å². The molecule has 0 fully saturated rings. The van der Waals surface area contributed by atoms with Gasteiger partial charge in [-0.15, -0.1) is 0 Å². The van der Waals surface area contributed by atoms with Crippen molar-refractivity contribution in [3.8, 4) is 5.69 Å². The first-order valence-corrected chi connectivity index (χ1v) is 4.88. The lowest BCUT2D eigenvalue weighted by molar-refractivity contribution is -0.593. The Morgan fingerprint density at radius 1 is 1.00 bits per heavy atom. The van der Waals surface area contributed by atoms with E-state index in [-0.39, 0.29) is 12.4 Å². The van der Waals surface area contributed by atoms with Crippen molar-refractivity contribution in [3.63, 3.8) is 0 Å². The maximum Gasteiger partial charge on any atom is 0.280 e. The number of aryl methyl sites for hydroxylation is 1. The summed E-state index contributed by atoms with van der Waals surface area (Å²) >= 11 is 6.09. The van der Waals surface area contributed by atoms with Crippen molar-refractivity contribution in [2.24, 2.45) is 0 Å². The topological polar surface area (TPSA) is 3.88 Å². The molecule has 1 nitrogen and oxygen atoms in total. The van der Waals surface area contributed by atoms with Crippen molar-refractivity contribution >= 4 is 11.6 Å². The van der Waals surface area contributed by atoms with E-state index in [1.165, 1.54) is 5.56 Å². The summed E-state index contributed by atoms with van der Waals surface area (Å²) in [6.07, 6.45) is 2.03. The van der Waals surface area contributed by atoms with Crippen LogP contribution < -0.4 is 17.0 Å². The minimum Gasteiger partial charge on any atom is -1.00 e. The molecule has 1 aromatic carbocycles. The van der Waals surface area contributed by atoms with E-state index in [2.05, 4.69) is 6.92 Å². The summed E-state index contributed by atoms with van der Waals surface area (Å²) in [6, 6.07) is 14.0. The van der Waals surface area contributed by atoms with Gasteiger partial charge in [0.25, 0.3) is 5.15 Å². The molecule has 0 N–H and O–H groups in total. The van der Waals surface area contributed by atoms with E-state index in [0.29, 0.717) is 0 Å². The highest BCUT2D eigenvalue weighted by Gasteiger charge is 2.10. The van der Waals surface area contributed by atoms with Crippen molar-refractivity contribution in [1.29, 1.82) is 0 Å². The summed E-state index contributed by atoms with van der Waals surface area (Å²) in [5.74, 6) is 0. The van der Waals surface area contributed by atoms with E-state index in [1.807, 2.05) is 53.2 Å². The summed E-state index contributed by atoms with van der Waals surface area (Å²) in [5.41, 5.74) is 2.28. The van der Waals surface area contributed by atoms with Crippen LogP contribution in [0.3, 0.4) is 0 Å². The van der Waals surface area contributed by atoms with Gasteiger partial charge in [-0.25, -0.2) is 0 Å². The number of para-hydroxylation sites is 1. The SMILES string of the molecule is Cc1ccc(Cl)[n+](-c2ccccc2)c1.[Cl-]. The Hall–Kier alpha value is -1.05. The van der Waals surface area contributed by atoms with Crippen molar-refractivity contribution in [1.82, 2.24) is 0 Å². The highest BCUT2D eigenvalue weighted by Crippen LogP contribution is 2.07. The molecule has 2 rings (SSSR count). The van der Waals surface area contributed by atoms with Gasteiger partial charge in [0.1, 0.15) is 0 Å². The molecule has 15 heavy (non-hydrogen) atoms. The Morgan fingerprint density at radius 2 is 1.67 bits per heavy atom. The first kappa shape index (κ1) is 12.0. The number of benzene rings is 1. The van der Waals surface area contributed by atoms with Crippen LogP contribution in [-0.4, -0.2) is 0 Å². The smallest absolute Gasteiger partial charge is 0.280 e. The lowest BCUT2D eigenvalue weighted by atomic mass is 10.3. The molecule has 3 heteroatoms. The fourth-order valence-electron chi connectivity index (χ4n) is 1.38. The number of pyridine rings is 1. The zero-order chi connectivity index (χ0) is 9.97. The molecular weight excluding hydrogens is 229 g/mol. The standard InChI is InChI=1S/C12H11ClN.ClH/c1-10-7-8-12(13)14(9-10)11-5-3-2-4-6-11;/h2-9H,1H3;1H/q+1;/p-1. The Morgan fingerprint density at radius 3 is 2.33 bits per heavy atom. The number of rotatable bonds is 1. The first-order valence-electron chi connectivity index (χ1n) is 4.50. The fourth-order valence-corrected chi connectivity index (χ4v) is 1.58. The van der Waals surface area contributed by atoms with E-state index >= 15 is 0 Å². The maximum absolute atomic E-state index is 6.09. The van der Waals surface area contributed by atoms with E-state index in [0.717, 1.165) is 10.8 Å². The monoisotopic (exact) mass is 239 g/mol. The number of hydrogen-bond donors (Lipinski definition) is 0. The summed E-state index contributed by atoms with van der Waals surface area (Å²) < 4.78 is 1.97. The van der Waals surface area contributed by atoms with Crippen LogP contribution in [-0.2, 0) is 0 Å². The van der Waals surface area contributed by atoms with Crippen molar-refractivity contribution in [3.05, 3.63) is 59.4 Å². The summed E-state index contributed by atoms with van der Waals surface area (Å²) in [7, 11) is 0. The maximum atomic E-state index is 6.09. The number of halogens is 2. The largest absolute Gasteiger partial charge is 1.00 e. The lowest BCUT2D eigenvalue weighted by Crippen LogP contribution is -3.00. The molecule has 0 aliphatic heterocycles. The second-order valence-electron chi connectivity index (χ2n) is 3.23. The summed E-state index contributed by atoms with van der Waals surface area (Å²) in [4.78, 5) is 0. The van der Waals surface area contributed by atoms with Gasteiger partial charge in [-0.05, 0) is 24.6 Å². The van der Waals surface area contributed by atoms with Gasteiger partial charge in [-0.3, -0.25) is 0 Å². The Bertz CT molecular complexity index is 441. The number of aromatic nitrogens is 1. The molecule has 0 atom stereocenters. The molecule has 0 radical (unpaired) electrons. The van der Waals surface area contributed by atoms with Gasteiger partial charge in [0, 0.05) is 23.8 Å². The molecule has 1 aromatic heterocycles. The van der Waals surface area contributed by atoms with Crippen LogP contribution in [0, 0.1) is 6.92 Å². The number of nitrogens with zero attached hydrogens (tertiary/aromatic N) is 1. The molecule has 0 aliphatic carbocycles. The highest BCUT2D eigenvalue weighted by molar-refractivity contribution is 6.28. The minimum absolute atomic E-state index is 0. The van der Waals surface area contributed by atoms with E-state index in [1.54, 1.807) is 0 Å². The molecular formula is C12H11Cl2N. The Balaban J connectivity index is 0.00000112. The molecule has 1 heterocycles. The second-order valence-corrected chi connectivity index (χ2v) is 3.62. The molecule has 0 bridgehead atoms. The molecule has 0 spiro atoms. The van der Waals surface area contributed by atoms with Gasteiger partial charge >= 0.3 is 0 Å². The Kier molecular flexibility index (Phi) is 4.13. The molecule has 0 unspecified atom stereocenters. The van der Waals surface area contributed by atoms with E-state index < -0.39 is 0 Å². The zero-order valence-electron chi connectivity index (χ0n) is 8.32. The highest BCUT2D eigenvalue weighted by atomic mass is 35.5. The van der Waals surface area contributed by atoms with Crippen LogP contribution in [0.2, 0.25) is 5.15 Å². The zero-order valence-corrected chi connectivity index (χ0v) is 9.83. The van der Waals surface area contributed by atoms with Crippen molar-refractivity contribution in [2.75, 3.05) is 0 Å². The van der Waals surface area contributed by atoms with Crippen LogP contribution in [0.15, 0.2) is 48.7 Å². The van der Waals surface area contributed by atoms with Gasteiger partial charge in [0.05, 0.1) is 0 Å². The van der Waals surface area contributed by atoms with Gasteiger partial charge < -0.3 is 12.4 Å². The van der Waals surface area contributed by atoms with Gasteiger partial charge in [-0.2, -0.15) is 4.57 Å². The lowest BCUT2D eigenvalue weighted by Gasteiger charge is -1.98. The third-order valence-corrected chi connectivity index (χ3v) is 2.39. The van der Waals surface area contributed by atoms with Crippen LogP contribution in [0.4, 0.5) is 0 Å². The van der Waals surface area contributed by atoms with Crippen LogP contribution in [0.5, 0.6) is 0 Å². The average molecular weight is 240 g/mol. The normalized spacial score (nSPS) is 9.47. The predicted octanol–water partition coefficient (Wildman–Crippen LogP) is -0.0709. The van der Waals surface area contributed by atoms with Gasteiger partial charge in [0.15, 0.2) is 6.20 Å². The molecule has 0 amide bonds. The molecule has 0 saturated heterocycles. The third-order valence-electron chi connectivity index (χ3n) is 2.08. The van der Waals surface area contributed by atoms with Crippen molar-refractivity contribution in [2.45, 2.75) is 6.92 Å². The molecule has 2 aromatic rings. The van der Waals surface area contributed by atoms with E-state index in [4.69, 9.17) is 11.6 Å². The summed E-state index contributed by atoms with van der Waals surface area (Å²) in [5, 5.41) is 0.724. The molecule has 0 aliphatic rings. The summed E-state index contributed by atoms with van der Waals surface area (Å²) in [6.45, 7) is 2.05. The number of hydrogen-bond acceptors (Lipinski definition) is 0. The van der Waals surface area contributed by atoms with Gasteiger partial charge in [0.2, 0.25) is 5.69 Å². The van der Waals surface area contributed by atoms with Crippen molar-refractivity contribution < 1.29 is 17.0 Å². The molecule has 78 valence electrons. The fraction of sp³-hybridized carbons (Fsp3) is 0.0833. The predicted molar refractivity (Wildman–Crippen MR) is 57.7 cm³/mol.